The second kappa shape index (κ2) is 4.75. The highest BCUT2D eigenvalue weighted by atomic mass is 16.5. The van der Waals surface area contributed by atoms with Crippen molar-refractivity contribution in [3.05, 3.63) is 36.1 Å². The predicted molar refractivity (Wildman–Crippen MR) is 71.3 cm³/mol. The molecule has 3 atom stereocenters. The van der Waals surface area contributed by atoms with E-state index >= 15 is 0 Å². The van der Waals surface area contributed by atoms with Crippen molar-refractivity contribution in [1.82, 2.24) is 0 Å². The Labute approximate surface area is 107 Å². The van der Waals surface area contributed by atoms with Gasteiger partial charge in [0.2, 0.25) is 0 Å². The molecule has 0 bridgehead atoms. The van der Waals surface area contributed by atoms with E-state index in [9.17, 15) is 0 Å². The SMILES string of the molecule is CCC1OCCC1C(N)c1cc2ccccc2o1. The lowest BCUT2D eigenvalue weighted by Gasteiger charge is -2.21. The van der Waals surface area contributed by atoms with Crippen molar-refractivity contribution >= 4 is 11.0 Å². The van der Waals surface area contributed by atoms with Gasteiger partial charge < -0.3 is 14.9 Å². The van der Waals surface area contributed by atoms with E-state index in [1.165, 1.54) is 0 Å². The third kappa shape index (κ3) is 1.93. The molecule has 0 radical (unpaired) electrons. The fraction of sp³-hybridized carbons (Fsp3) is 0.467. The lowest BCUT2D eigenvalue weighted by Crippen LogP contribution is -2.27. The Kier molecular flexibility index (Phi) is 3.10. The van der Waals surface area contributed by atoms with Gasteiger partial charge in [0.25, 0.3) is 0 Å². The van der Waals surface area contributed by atoms with E-state index < -0.39 is 0 Å². The van der Waals surface area contributed by atoms with Gasteiger partial charge in [-0.05, 0) is 25.0 Å². The Bertz CT molecular complexity index is 501. The normalized spacial score (nSPS) is 25.7. The molecule has 1 aliphatic heterocycles. The van der Waals surface area contributed by atoms with Crippen molar-refractivity contribution in [1.29, 1.82) is 0 Å². The van der Waals surface area contributed by atoms with Crippen LogP contribution in [-0.2, 0) is 4.74 Å². The molecule has 1 fully saturated rings. The first-order valence-corrected chi connectivity index (χ1v) is 6.65. The Morgan fingerprint density at radius 2 is 2.22 bits per heavy atom. The van der Waals surface area contributed by atoms with Gasteiger partial charge in [-0.15, -0.1) is 0 Å². The molecule has 0 saturated carbocycles. The van der Waals surface area contributed by atoms with Gasteiger partial charge in [0.15, 0.2) is 0 Å². The quantitative estimate of drug-likeness (QED) is 0.903. The minimum atomic E-state index is -0.0650. The van der Waals surface area contributed by atoms with Gasteiger partial charge in [-0.25, -0.2) is 0 Å². The topological polar surface area (TPSA) is 48.4 Å². The maximum atomic E-state index is 6.36. The van der Waals surface area contributed by atoms with E-state index in [2.05, 4.69) is 19.1 Å². The monoisotopic (exact) mass is 245 g/mol. The summed E-state index contributed by atoms with van der Waals surface area (Å²) < 4.78 is 11.6. The van der Waals surface area contributed by atoms with Crippen LogP contribution in [0.4, 0.5) is 0 Å². The summed E-state index contributed by atoms with van der Waals surface area (Å²) in [5, 5.41) is 1.12. The van der Waals surface area contributed by atoms with Crippen molar-refractivity contribution in [3.8, 4) is 0 Å². The average molecular weight is 245 g/mol. The molecule has 2 heterocycles. The summed E-state index contributed by atoms with van der Waals surface area (Å²) in [7, 11) is 0. The minimum absolute atomic E-state index is 0.0650. The summed E-state index contributed by atoms with van der Waals surface area (Å²) in [5.41, 5.74) is 7.27. The molecule has 2 N–H and O–H groups in total. The highest BCUT2D eigenvalue weighted by Crippen LogP contribution is 2.35. The molecule has 96 valence electrons. The maximum absolute atomic E-state index is 6.36. The maximum Gasteiger partial charge on any atom is 0.134 e. The molecule has 2 aromatic rings. The molecule has 0 aliphatic carbocycles. The van der Waals surface area contributed by atoms with E-state index in [-0.39, 0.29) is 12.1 Å². The number of fused-ring (bicyclic) bond motifs is 1. The van der Waals surface area contributed by atoms with Crippen LogP contribution < -0.4 is 5.73 Å². The first kappa shape index (κ1) is 11.8. The van der Waals surface area contributed by atoms with Crippen LogP contribution in [0.2, 0.25) is 0 Å². The molecule has 3 unspecified atom stereocenters. The van der Waals surface area contributed by atoms with Gasteiger partial charge in [0.1, 0.15) is 11.3 Å². The van der Waals surface area contributed by atoms with Gasteiger partial charge >= 0.3 is 0 Å². The Morgan fingerprint density at radius 3 is 3.00 bits per heavy atom. The fourth-order valence-electron chi connectivity index (χ4n) is 2.87. The number of nitrogens with two attached hydrogens (primary N) is 1. The van der Waals surface area contributed by atoms with Gasteiger partial charge in [0, 0.05) is 17.9 Å². The Hall–Kier alpha value is -1.32. The van der Waals surface area contributed by atoms with E-state index in [0.29, 0.717) is 5.92 Å². The highest BCUT2D eigenvalue weighted by molar-refractivity contribution is 5.77. The number of para-hydroxylation sites is 1. The second-order valence-electron chi connectivity index (χ2n) is 4.98. The molecule has 18 heavy (non-hydrogen) atoms. The zero-order valence-electron chi connectivity index (χ0n) is 10.6. The van der Waals surface area contributed by atoms with Crippen molar-refractivity contribution in [3.63, 3.8) is 0 Å². The summed E-state index contributed by atoms with van der Waals surface area (Å²) in [5.74, 6) is 1.25. The summed E-state index contributed by atoms with van der Waals surface area (Å²) in [6.07, 6.45) is 2.31. The third-order valence-corrected chi connectivity index (χ3v) is 3.90. The van der Waals surface area contributed by atoms with Gasteiger partial charge in [-0.3, -0.25) is 0 Å². The van der Waals surface area contributed by atoms with Crippen molar-refractivity contribution in [2.75, 3.05) is 6.61 Å². The van der Waals surface area contributed by atoms with Crippen molar-refractivity contribution in [2.45, 2.75) is 31.9 Å². The molecular formula is C15H19NO2. The predicted octanol–water partition coefficient (Wildman–Crippen LogP) is 3.25. The molecule has 1 saturated heterocycles. The molecule has 1 aromatic heterocycles. The molecule has 1 aromatic carbocycles. The molecule has 3 heteroatoms. The number of hydrogen-bond acceptors (Lipinski definition) is 3. The highest BCUT2D eigenvalue weighted by Gasteiger charge is 2.34. The Morgan fingerprint density at radius 1 is 1.39 bits per heavy atom. The van der Waals surface area contributed by atoms with Crippen LogP contribution in [0.1, 0.15) is 31.6 Å². The lowest BCUT2D eigenvalue weighted by molar-refractivity contribution is 0.0794. The molecule has 3 rings (SSSR count). The van der Waals surface area contributed by atoms with Crippen LogP contribution in [-0.4, -0.2) is 12.7 Å². The van der Waals surface area contributed by atoms with Crippen molar-refractivity contribution in [2.24, 2.45) is 11.7 Å². The fourth-order valence-corrected chi connectivity index (χ4v) is 2.87. The van der Waals surface area contributed by atoms with E-state index in [4.69, 9.17) is 14.9 Å². The van der Waals surface area contributed by atoms with Crippen LogP contribution in [0.25, 0.3) is 11.0 Å². The smallest absolute Gasteiger partial charge is 0.134 e. The first-order valence-electron chi connectivity index (χ1n) is 6.65. The van der Waals surface area contributed by atoms with E-state index in [1.807, 2.05) is 18.2 Å². The van der Waals surface area contributed by atoms with E-state index in [0.717, 1.165) is 36.2 Å². The number of furan rings is 1. The summed E-state index contributed by atoms with van der Waals surface area (Å²) in [6, 6.07) is 10.0. The summed E-state index contributed by atoms with van der Waals surface area (Å²) in [4.78, 5) is 0. The zero-order valence-corrected chi connectivity index (χ0v) is 10.6. The number of benzene rings is 1. The molecule has 0 amide bonds. The van der Waals surface area contributed by atoms with Crippen LogP contribution >= 0.6 is 0 Å². The van der Waals surface area contributed by atoms with Crippen LogP contribution in [0.5, 0.6) is 0 Å². The zero-order chi connectivity index (χ0) is 12.5. The Balaban J connectivity index is 1.89. The average Bonchev–Trinajstić information content (AvgIpc) is 3.03. The summed E-state index contributed by atoms with van der Waals surface area (Å²) in [6.45, 7) is 2.96. The van der Waals surface area contributed by atoms with Gasteiger partial charge in [-0.2, -0.15) is 0 Å². The number of rotatable bonds is 3. The van der Waals surface area contributed by atoms with Gasteiger partial charge in [0.05, 0.1) is 12.1 Å². The van der Waals surface area contributed by atoms with Crippen LogP contribution in [0.15, 0.2) is 34.7 Å². The lowest BCUT2D eigenvalue weighted by atomic mass is 9.90. The largest absolute Gasteiger partial charge is 0.459 e. The molecule has 3 nitrogen and oxygen atoms in total. The minimum Gasteiger partial charge on any atom is -0.459 e. The van der Waals surface area contributed by atoms with Crippen LogP contribution in [0, 0.1) is 5.92 Å². The number of ether oxygens (including phenoxy) is 1. The van der Waals surface area contributed by atoms with Crippen molar-refractivity contribution < 1.29 is 9.15 Å². The molecule has 0 spiro atoms. The molecule has 1 aliphatic rings. The van der Waals surface area contributed by atoms with E-state index in [1.54, 1.807) is 0 Å². The number of hydrogen-bond donors (Lipinski definition) is 1. The standard InChI is InChI=1S/C15H19NO2/c1-2-12-11(7-8-17-12)15(16)14-9-10-5-3-4-6-13(10)18-14/h3-6,9,11-12,15H,2,7-8,16H2,1H3. The van der Waals surface area contributed by atoms with Crippen LogP contribution in [0.3, 0.4) is 0 Å². The second-order valence-corrected chi connectivity index (χ2v) is 4.98. The first-order chi connectivity index (χ1) is 8.79. The van der Waals surface area contributed by atoms with Gasteiger partial charge in [-0.1, -0.05) is 25.1 Å². The summed E-state index contributed by atoms with van der Waals surface area (Å²) >= 11 is 0. The third-order valence-electron chi connectivity index (χ3n) is 3.90. The molecular weight excluding hydrogens is 226 g/mol.